The topological polar surface area (TPSA) is 81.4 Å². The Morgan fingerprint density at radius 2 is 1.97 bits per heavy atom. The highest BCUT2D eigenvalue weighted by Crippen LogP contribution is 2.39. The van der Waals surface area contributed by atoms with Gasteiger partial charge in [-0.1, -0.05) is 6.07 Å². The van der Waals surface area contributed by atoms with E-state index >= 15 is 0 Å². The smallest absolute Gasteiger partial charge is 0.209 e. The van der Waals surface area contributed by atoms with Crippen LogP contribution in [0.3, 0.4) is 0 Å². The van der Waals surface area contributed by atoms with E-state index in [-0.39, 0.29) is 12.4 Å². The summed E-state index contributed by atoms with van der Waals surface area (Å²) in [4.78, 5) is 13.7. The van der Waals surface area contributed by atoms with Gasteiger partial charge >= 0.3 is 0 Å². The molecule has 9 heteroatoms. The number of hydrogen-bond acceptors (Lipinski definition) is 6. The number of aromatic nitrogens is 4. The van der Waals surface area contributed by atoms with Gasteiger partial charge in [-0.2, -0.15) is 0 Å². The standard InChI is InChI=1S/C24H25FN5O2P/c1-14-5-6-16(15(2)29-14)19-12-27-24(30-13-28-23(22(19)30)33(3,4)31)26-11-18-17-9-10-32-21(17)8-7-20(18)25/h5-8,12-13H,9-11H2,1-4H3,(H,26,27). The number of rotatable bonds is 5. The van der Waals surface area contributed by atoms with Crippen molar-refractivity contribution in [3.8, 4) is 16.9 Å². The number of nitrogens with zero attached hydrogens (tertiary/aromatic N) is 4. The van der Waals surface area contributed by atoms with Gasteiger partial charge in [0.15, 0.2) is 0 Å². The quantitative estimate of drug-likeness (QED) is 0.442. The number of halogens is 1. The van der Waals surface area contributed by atoms with Crippen LogP contribution in [0.4, 0.5) is 10.3 Å². The lowest BCUT2D eigenvalue weighted by Gasteiger charge is -2.15. The molecule has 4 heterocycles. The number of aryl methyl sites for hydroxylation is 2. The van der Waals surface area contributed by atoms with Gasteiger partial charge in [0.25, 0.3) is 0 Å². The molecule has 0 fully saturated rings. The highest BCUT2D eigenvalue weighted by atomic mass is 31.2. The van der Waals surface area contributed by atoms with Gasteiger partial charge in [0.2, 0.25) is 5.95 Å². The van der Waals surface area contributed by atoms with Crippen LogP contribution in [0.5, 0.6) is 5.75 Å². The van der Waals surface area contributed by atoms with E-state index in [1.165, 1.54) is 6.07 Å². The minimum atomic E-state index is -2.69. The second kappa shape index (κ2) is 7.96. The third-order valence-corrected chi connectivity index (χ3v) is 7.28. The first kappa shape index (κ1) is 21.6. The summed E-state index contributed by atoms with van der Waals surface area (Å²) < 4.78 is 35.1. The van der Waals surface area contributed by atoms with Crippen molar-refractivity contribution in [2.45, 2.75) is 26.8 Å². The first-order valence-corrected chi connectivity index (χ1v) is 13.4. The number of anilines is 1. The van der Waals surface area contributed by atoms with Gasteiger partial charge in [0.1, 0.15) is 30.5 Å². The molecule has 0 radical (unpaired) electrons. The predicted octanol–water partition coefficient (Wildman–Crippen LogP) is 4.34. The molecular formula is C24H25FN5O2P. The van der Waals surface area contributed by atoms with Gasteiger partial charge in [-0.3, -0.25) is 9.38 Å². The molecule has 170 valence electrons. The molecule has 1 aliphatic rings. The zero-order valence-corrected chi connectivity index (χ0v) is 19.9. The molecule has 7 nitrogen and oxygen atoms in total. The fourth-order valence-corrected chi connectivity index (χ4v) is 5.43. The maximum absolute atomic E-state index is 14.6. The number of benzene rings is 1. The highest BCUT2D eigenvalue weighted by Gasteiger charge is 2.24. The number of fused-ring (bicyclic) bond motifs is 2. The summed E-state index contributed by atoms with van der Waals surface area (Å²) >= 11 is 0. The monoisotopic (exact) mass is 465 g/mol. The Labute approximate surface area is 191 Å². The minimum Gasteiger partial charge on any atom is -0.493 e. The van der Waals surface area contributed by atoms with Gasteiger partial charge in [0.05, 0.1) is 12.1 Å². The van der Waals surface area contributed by atoms with Gasteiger partial charge < -0.3 is 14.6 Å². The summed E-state index contributed by atoms with van der Waals surface area (Å²) in [6.07, 6.45) is 4.04. The summed E-state index contributed by atoms with van der Waals surface area (Å²) in [6, 6.07) is 7.05. The van der Waals surface area contributed by atoms with Crippen LogP contribution in [0.1, 0.15) is 22.5 Å². The Hall–Kier alpha value is -3.25. The molecule has 0 saturated heterocycles. The van der Waals surface area contributed by atoms with E-state index in [4.69, 9.17) is 4.74 Å². The lowest BCUT2D eigenvalue weighted by atomic mass is 10.0. The maximum atomic E-state index is 14.6. The molecule has 0 amide bonds. The molecule has 0 unspecified atom stereocenters. The highest BCUT2D eigenvalue weighted by molar-refractivity contribution is 7.70. The van der Waals surface area contributed by atoms with Crippen molar-refractivity contribution in [3.63, 3.8) is 0 Å². The van der Waals surface area contributed by atoms with E-state index in [1.807, 2.05) is 26.0 Å². The van der Waals surface area contributed by atoms with Gasteiger partial charge in [-0.25, -0.2) is 14.4 Å². The zero-order valence-electron chi connectivity index (χ0n) is 19.0. The summed E-state index contributed by atoms with van der Waals surface area (Å²) in [6.45, 7) is 8.09. The number of hydrogen-bond donors (Lipinski definition) is 1. The third-order valence-electron chi connectivity index (χ3n) is 5.94. The van der Waals surface area contributed by atoms with Gasteiger partial charge in [-0.15, -0.1) is 0 Å². The number of pyridine rings is 1. The van der Waals surface area contributed by atoms with Crippen LogP contribution in [0, 0.1) is 19.7 Å². The van der Waals surface area contributed by atoms with E-state index in [0.717, 1.165) is 39.3 Å². The number of nitrogens with one attached hydrogen (secondary N) is 1. The van der Waals surface area contributed by atoms with Crippen LogP contribution in [0.25, 0.3) is 16.6 Å². The fraction of sp³-hybridized carbons (Fsp3) is 0.292. The molecule has 1 aromatic carbocycles. The molecule has 3 aromatic heterocycles. The molecule has 0 atom stereocenters. The first-order chi connectivity index (χ1) is 15.7. The predicted molar refractivity (Wildman–Crippen MR) is 128 cm³/mol. The Balaban J connectivity index is 1.62. The lowest BCUT2D eigenvalue weighted by Crippen LogP contribution is -2.12. The van der Waals surface area contributed by atoms with E-state index in [0.29, 0.717) is 30.0 Å². The molecular weight excluding hydrogens is 440 g/mol. The van der Waals surface area contributed by atoms with Gasteiger partial charge in [0, 0.05) is 52.8 Å². The van der Waals surface area contributed by atoms with Crippen LogP contribution in [0.15, 0.2) is 36.8 Å². The van der Waals surface area contributed by atoms with Crippen LogP contribution in [-0.2, 0) is 17.5 Å². The molecule has 0 bridgehead atoms. The van der Waals surface area contributed by atoms with Crippen LogP contribution in [-0.4, -0.2) is 39.3 Å². The SMILES string of the molecule is Cc1ccc(-c2cnc(NCc3c(F)ccc4c3CCO4)n3cnc(P(C)(C)=O)c23)c(C)n1. The van der Waals surface area contributed by atoms with E-state index in [2.05, 4.69) is 20.3 Å². The van der Waals surface area contributed by atoms with Crippen molar-refractivity contribution < 1.29 is 13.7 Å². The third kappa shape index (κ3) is 3.78. The molecule has 4 aromatic rings. The zero-order chi connectivity index (χ0) is 23.3. The summed E-state index contributed by atoms with van der Waals surface area (Å²) in [5.74, 6) is 0.945. The average molecular weight is 465 g/mol. The van der Waals surface area contributed by atoms with Crippen molar-refractivity contribution >= 4 is 24.0 Å². The molecule has 5 rings (SSSR count). The normalized spacial score (nSPS) is 13.2. The van der Waals surface area contributed by atoms with E-state index in [1.54, 1.807) is 36.3 Å². The van der Waals surface area contributed by atoms with Crippen molar-refractivity contribution in [1.82, 2.24) is 19.4 Å². The molecule has 0 aliphatic carbocycles. The second-order valence-corrected chi connectivity index (χ2v) is 11.8. The van der Waals surface area contributed by atoms with E-state index < -0.39 is 7.14 Å². The Morgan fingerprint density at radius 3 is 2.73 bits per heavy atom. The summed E-state index contributed by atoms with van der Waals surface area (Å²) in [5, 5.41) is 3.25. The Morgan fingerprint density at radius 1 is 1.15 bits per heavy atom. The fourth-order valence-electron chi connectivity index (χ4n) is 4.37. The van der Waals surface area contributed by atoms with Crippen molar-refractivity contribution in [2.75, 3.05) is 25.3 Å². The van der Waals surface area contributed by atoms with E-state index in [9.17, 15) is 8.96 Å². The molecule has 33 heavy (non-hydrogen) atoms. The maximum Gasteiger partial charge on any atom is 0.209 e. The number of imidazole rings is 1. The molecule has 1 aliphatic heterocycles. The Kier molecular flexibility index (Phi) is 5.20. The molecule has 0 spiro atoms. The lowest BCUT2D eigenvalue weighted by molar-refractivity contribution is 0.356. The van der Waals surface area contributed by atoms with Crippen molar-refractivity contribution in [3.05, 3.63) is 65.1 Å². The number of ether oxygens (including phenoxy) is 1. The Bertz CT molecular complexity index is 1440. The van der Waals surface area contributed by atoms with Crippen molar-refractivity contribution in [2.24, 2.45) is 0 Å². The van der Waals surface area contributed by atoms with Gasteiger partial charge in [-0.05, 0) is 45.4 Å². The average Bonchev–Trinajstić information content (AvgIpc) is 3.40. The van der Waals surface area contributed by atoms with Crippen LogP contribution >= 0.6 is 7.14 Å². The summed E-state index contributed by atoms with van der Waals surface area (Å²) in [7, 11) is -2.69. The first-order valence-electron chi connectivity index (χ1n) is 10.8. The minimum absolute atomic E-state index is 0.244. The summed E-state index contributed by atoms with van der Waals surface area (Å²) in [5.41, 5.74) is 6.20. The molecule has 0 saturated carbocycles. The second-order valence-electron chi connectivity index (χ2n) is 8.67. The van der Waals surface area contributed by atoms with Crippen molar-refractivity contribution in [1.29, 1.82) is 0 Å². The van der Waals surface area contributed by atoms with Crippen LogP contribution in [0.2, 0.25) is 0 Å². The molecule has 1 N–H and O–H groups in total. The van der Waals surface area contributed by atoms with Crippen LogP contribution < -0.4 is 15.5 Å². The largest absolute Gasteiger partial charge is 0.493 e.